The minimum Gasteiger partial charge on any atom is -0.444 e. The van der Waals surface area contributed by atoms with Crippen molar-refractivity contribution in [3.63, 3.8) is 0 Å². The standard InChI is InChI=1S/C8H14N4O2/c1-2-6-3-11-8(14-6)5-10-4-7(9)12-13/h3,10,13H,2,4-5H2,1H3,(H2,9,12). The lowest BCUT2D eigenvalue weighted by atomic mass is 10.4. The van der Waals surface area contributed by atoms with E-state index in [1.807, 2.05) is 6.92 Å². The minimum absolute atomic E-state index is 0.132. The van der Waals surface area contributed by atoms with Crippen LogP contribution >= 0.6 is 0 Å². The fraction of sp³-hybridized carbons (Fsp3) is 0.500. The van der Waals surface area contributed by atoms with Crippen LogP contribution in [0.2, 0.25) is 0 Å². The second-order valence-corrected chi connectivity index (χ2v) is 2.77. The van der Waals surface area contributed by atoms with Crippen molar-refractivity contribution in [2.24, 2.45) is 10.9 Å². The highest BCUT2D eigenvalue weighted by Gasteiger charge is 2.01. The highest BCUT2D eigenvalue weighted by molar-refractivity contribution is 5.81. The van der Waals surface area contributed by atoms with Gasteiger partial charge in [0.25, 0.3) is 0 Å². The molecule has 6 nitrogen and oxygen atoms in total. The molecule has 0 fully saturated rings. The maximum absolute atomic E-state index is 8.26. The summed E-state index contributed by atoms with van der Waals surface area (Å²) in [5.41, 5.74) is 5.25. The van der Waals surface area contributed by atoms with Crippen LogP contribution in [0.3, 0.4) is 0 Å². The predicted octanol–water partition coefficient (Wildman–Crippen LogP) is 0.0730. The van der Waals surface area contributed by atoms with Gasteiger partial charge in [-0.15, -0.1) is 0 Å². The molecule has 1 rings (SSSR count). The molecular weight excluding hydrogens is 184 g/mol. The van der Waals surface area contributed by atoms with Gasteiger partial charge in [-0.05, 0) is 0 Å². The first-order valence-corrected chi connectivity index (χ1v) is 4.37. The SMILES string of the molecule is CCc1cnc(CNCC(N)=NO)o1. The zero-order chi connectivity index (χ0) is 10.4. The zero-order valence-corrected chi connectivity index (χ0v) is 8.03. The topological polar surface area (TPSA) is 96.7 Å². The summed E-state index contributed by atoms with van der Waals surface area (Å²) in [7, 11) is 0. The molecule has 0 aliphatic heterocycles. The van der Waals surface area contributed by atoms with E-state index in [0.29, 0.717) is 19.0 Å². The first kappa shape index (κ1) is 10.5. The van der Waals surface area contributed by atoms with Gasteiger partial charge in [0.05, 0.1) is 19.3 Å². The number of oxazole rings is 1. The molecule has 1 aromatic heterocycles. The van der Waals surface area contributed by atoms with Gasteiger partial charge in [0, 0.05) is 6.42 Å². The van der Waals surface area contributed by atoms with E-state index in [9.17, 15) is 0 Å². The van der Waals surface area contributed by atoms with Gasteiger partial charge in [-0.2, -0.15) is 0 Å². The summed E-state index contributed by atoms with van der Waals surface area (Å²) in [5.74, 6) is 1.59. The third-order valence-electron chi connectivity index (χ3n) is 1.66. The minimum atomic E-state index is 0.132. The molecule has 1 heterocycles. The van der Waals surface area contributed by atoms with Crippen LogP contribution in [-0.4, -0.2) is 22.6 Å². The molecular formula is C8H14N4O2. The molecule has 0 spiro atoms. The van der Waals surface area contributed by atoms with Gasteiger partial charge in [-0.3, -0.25) is 0 Å². The van der Waals surface area contributed by atoms with Gasteiger partial charge in [-0.25, -0.2) is 4.98 Å². The van der Waals surface area contributed by atoms with Gasteiger partial charge in [0.15, 0.2) is 5.84 Å². The van der Waals surface area contributed by atoms with E-state index in [1.165, 1.54) is 0 Å². The highest BCUT2D eigenvalue weighted by Crippen LogP contribution is 2.03. The lowest BCUT2D eigenvalue weighted by Gasteiger charge is -1.99. The Kier molecular flexibility index (Phi) is 3.93. The van der Waals surface area contributed by atoms with Gasteiger partial charge in [0.1, 0.15) is 5.76 Å². The van der Waals surface area contributed by atoms with Gasteiger partial charge in [0.2, 0.25) is 5.89 Å². The number of hydrogen-bond acceptors (Lipinski definition) is 5. The number of hydrogen-bond donors (Lipinski definition) is 3. The molecule has 0 atom stereocenters. The Morgan fingerprint density at radius 1 is 1.79 bits per heavy atom. The van der Waals surface area contributed by atoms with E-state index in [-0.39, 0.29) is 5.84 Å². The molecule has 0 saturated heterocycles. The van der Waals surface area contributed by atoms with E-state index in [2.05, 4.69) is 15.5 Å². The van der Waals surface area contributed by atoms with Crippen molar-refractivity contribution < 1.29 is 9.62 Å². The Bertz CT molecular complexity index is 308. The predicted molar refractivity (Wildman–Crippen MR) is 51.0 cm³/mol. The second-order valence-electron chi connectivity index (χ2n) is 2.77. The average Bonchev–Trinajstić information content (AvgIpc) is 2.65. The number of aromatic nitrogens is 1. The van der Waals surface area contributed by atoms with Crippen molar-refractivity contribution in [1.29, 1.82) is 0 Å². The van der Waals surface area contributed by atoms with E-state index >= 15 is 0 Å². The largest absolute Gasteiger partial charge is 0.444 e. The van der Waals surface area contributed by atoms with Crippen LogP contribution in [-0.2, 0) is 13.0 Å². The molecule has 6 heteroatoms. The van der Waals surface area contributed by atoms with Crippen molar-refractivity contribution >= 4 is 5.84 Å². The summed E-state index contributed by atoms with van der Waals surface area (Å²) in [6.07, 6.45) is 2.52. The third-order valence-corrected chi connectivity index (χ3v) is 1.66. The van der Waals surface area contributed by atoms with Crippen molar-refractivity contribution in [3.05, 3.63) is 17.8 Å². The van der Waals surface area contributed by atoms with Crippen LogP contribution in [0.25, 0.3) is 0 Å². The maximum atomic E-state index is 8.26. The average molecular weight is 198 g/mol. The maximum Gasteiger partial charge on any atom is 0.208 e. The first-order chi connectivity index (χ1) is 6.76. The Morgan fingerprint density at radius 3 is 3.14 bits per heavy atom. The first-order valence-electron chi connectivity index (χ1n) is 4.37. The molecule has 0 aliphatic rings. The Morgan fingerprint density at radius 2 is 2.57 bits per heavy atom. The van der Waals surface area contributed by atoms with E-state index < -0.39 is 0 Å². The fourth-order valence-electron chi connectivity index (χ4n) is 0.926. The Hall–Kier alpha value is -1.56. The molecule has 0 unspecified atom stereocenters. The van der Waals surface area contributed by atoms with Gasteiger partial charge < -0.3 is 20.7 Å². The van der Waals surface area contributed by atoms with Crippen LogP contribution < -0.4 is 11.1 Å². The number of nitrogens with one attached hydrogen (secondary N) is 1. The summed E-state index contributed by atoms with van der Waals surface area (Å²) in [6.45, 7) is 2.77. The van der Waals surface area contributed by atoms with Crippen molar-refractivity contribution in [2.75, 3.05) is 6.54 Å². The molecule has 0 aliphatic carbocycles. The van der Waals surface area contributed by atoms with Gasteiger partial charge in [-0.1, -0.05) is 12.1 Å². The second kappa shape index (κ2) is 5.23. The molecule has 0 amide bonds. The number of amidine groups is 1. The molecule has 4 N–H and O–H groups in total. The monoisotopic (exact) mass is 198 g/mol. The van der Waals surface area contributed by atoms with E-state index in [1.54, 1.807) is 6.20 Å². The van der Waals surface area contributed by atoms with Crippen LogP contribution in [0.5, 0.6) is 0 Å². The number of nitrogens with zero attached hydrogens (tertiary/aromatic N) is 2. The summed E-state index contributed by atoms with van der Waals surface area (Å²) in [5, 5.41) is 14.0. The highest BCUT2D eigenvalue weighted by atomic mass is 16.4. The number of rotatable bonds is 5. The summed E-state index contributed by atoms with van der Waals surface area (Å²) < 4.78 is 5.33. The lowest BCUT2D eigenvalue weighted by molar-refractivity contribution is 0.316. The number of oxime groups is 1. The molecule has 78 valence electrons. The quantitative estimate of drug-likeness (QED) is 0.269. The third kappa shape index (κ3) is 3.06. The zero-order valence-electron chi connectivity index (χ0n) is 8.03. The summed E-state index contributed by atoms with van der Waals surface area (Å²) in [4.78, 5) is 4.04. The van der Waals surface area contributed by atoms with E-state index in [0.717, 1.165) is 12.2 Å². The van der Waals surface area contributed by atoms with E-state index in [4.69, 9.17) is 15.4 Å². The van der Waals surface area contributed by atoms with Crippen LogP contribution in [0.4, 0.5) is 0 Å². The van der Waals surface area contributed by atoms with Crippen LogP contribution in [0.15, 0.2) is 15.8 Å². The lowest BCUT2D eigenvalue weighted by Crippen LogP contribution is -2.28. The normalized spacial score (nSPS) is 11.9. The van der Waals surface area contributed by atoms with Crippen LogP contribution in [0, 0.1) is 0 Å². The number of aryl methyl sites for hydroxylation is 1. The van der Waals surface area contributed by atoms with Crippen molar-refractivity contribution in [2.45, 2.75) is 19.9 Å². The molecule has 0 aromatic carbocycles. The molecule has 14 heavy (non-hydrogen) atoms. The summed E-state index contributed by atoms with van der Waals surface area (Å²) >= 11 is 0. The Balaban J connectivity index is 2.31. The molecule has 0 saturated carbocycles. The number of nitrogens with two attached hydrogens (primary N) is 1. The van der Waals surface area contributed by atoms with Crippen LogP contribution in [0.1, 0.15) is 18.6 Å². The Labute approximate surface area is 81.8 Å². The molecule has 0 bridgehead atoms. The fourth-order valence-corrected chi connectivity index (χ4v) is 0.926. The molecule has 1 aromatic rings. The summed E-state index contributed by atoms with van der Waals surface area (Å²) in [6, 6.07) is 0. The van der Waals surface area contributed by atoms with Gasteiger partial charge >= 0.3 is 0 Å². The molecule has 0 radical (unpaired) electrons. The van der Waals surface area contributed by atoms with Crippen molar-refractivity contribution in [1.82, 2.24) is 10.3 Å². The smallest absolute Gasteiger partial charge is 0.208 e. The van der Waals surface area contributed by atoms with Crippen molar-refractivity contribution in [3.8, 4) is 0 Å².